The van der Waals surface area contributed by atoms with Crippen LogP contribution in [0.3, 0.4) is 0 Å². The number of hydrogen-bond donors (Lipinski definition) is 1. The molecule has 1 aliphatic rings. The van der Waals surface area contributed by atoms with Crippen LogP contribution >= 0.6 is 22.6 Å². The quantitative estimate of drug-likeness (QED) is 0.617. The van der Waals surface area contributed by atoms with Crippen LogP contribution in [0.15, 0.2) is 19.0 Å². The van der Waals surface area contributed by atoms with E-state index in [9.17, 15) is 4.79 Å². The predicted octanol–water partition coefficient (Wildman–Crippen LogP) is 1.05. The van der Waals surface area contributed by atoms with Crippen molar-refractivity contribution in [3.8, 4) is 0 Å². The van der Waals surface area contributed by atoms with Gasteiger partial charge in [-0.3, -0.25) is 4.79 Å². The molecule has 1 amide bonds. The topological polar surface area (TPSA) is 89.9 Å². The molecule has 1 atom stereocenters. The molecule has 0 radical (unpaired) electrons. The Morgan fingerprint density at radius 2 is 2.38 bits per heavy atom. The van der Waals surface area contributed by atoms with Gasteiger partial charge < -0.3 is 10.6 Å². The highest BCUT2D eigenvalue weighted by molar-refractivity contribution is 14.1. The molecule has 1 saturated heterocycles. The molecule has 0 aliphatic carbocycles. The third-order valence-electron chi connectivity index (χ3n) is 3.72. The summed E-state index contributed by atoms with van der Waals surface area (Å²) in [5.41, 5.74) is 6.64. The summed E-state index contributed by atoms with van der Waals surface area (Å²) in [5, 5.41) is 5.30. The molecule has 1 aliphatic heterocycles. The lowest BCUT2D eigenvalue weighted by atomic mass is 10.1. The van der Waals surface area contributed by atoms with E-state index in [1.165, 1.54) is 12.4 Å². The smallest absolute Gasteiger partial charge is 0.245 e. The molecule has 0 saturated carbocycles. The number of nitrogens with zero attached hydrogens (tertiary/aromatic N) is 5. The first kappa shape index (κ1) is 14.2. The van der Waals surface area contributed by atoms with E-state index in [-0.39, 0.29) is 5.91 Å². The zero-order valence-corrected chi connectivity index (χ0v) is 13.5. The lowest BCUT2D eigenvalue weighted by Gasteiger charge is -2.14. The van der Waals surface area contributed by atoms with E-state index in [0.29, 0.717) is 11.7 Å². The number of halogens is 1. The first-order valence-electron chi connectivity index (χ1n) is 6.64. The molecule has 0 spiro atoms. The molecule has 2 N–H and O–H groups in total. The van der Waals surface area contributed by atoms with Crippen LogP contribution in [0.2, 0.25) is 0 Å². The Labute approximate surface area is 135 Å². The molecule has 21 heavy (non-hydrogen) atoms. The highest BCUT2D eigenvalue weighted by atomic mass is 127. The molecule has 0 bridgehead atoms. The summed E-state index contributed by atoms with van der Waals surface area (Å²) in [4.78, 5) is 21.7. The Morgan fingerprint density at radius 1 is 1.57 bits per heavy atom. The normalized spacial score (nSPS) is 18.3. The summed E-state index contributed by atoms with van der Waals surface area (Å²) in [7, 11) is 0. The maximum Gasteiger partial charge on any atom is 0.245 e. The molecule has 2 aromatic rings. The van der Waals surface area contributed by atoms with Crippen molar-refractivity contribution in [3.05, 3.63) is 22.7 Å². The third-order valence-corrected chi connectivity index (χ3v) is 4.47. The van der Waals surface area contributed by atoms with Crippen molar-refractivity contribution in [2.24, 2.45) is 5.92 Å². The zero-order valence-electron chi connectivity index (χ0n) is 11.4. The number of nitrogen functional groups attached to an aromatic ring is 1. The summed E-state index contributed by atoms with van der Waals surface area (Å²) >= 11 is 2.14. The highest BCUT2D eigenvalue weighted by Crippen LogP contribution is 2.25. The van der Waals surface area contributed by atoms with Crippen LogP contribution in [-0.2, 0) is 11.3 Å². The molecule has 0 aromatic carbocycles. The number of anilines is 1. The minimum absolute atomic E-state index is 0.0102. The number of amides is 1. The van der Waals surface area contributed by atoms with Crippen molar-refractivity contribution in [2.75, 3.05) is 18.8 Å². The standard InChI is InChI=1S/C13H15IN6O/c1-2-9(21)19-4-3-8(5-19)6-20-13-10(11(14)18-20)12(15)16-7-17-13/h2,7-8H,1,3-6H2,(H2,15,16,17). The lowest BCUT2D eigenvalue weighted by molar-refractivity contribution is -0.125. The molecule has 1 unspecified atom stereocenters. The average Bonchev–Trinajstić information content (AvgIpc) is 3.05. The van der Waals surface area contributed by atoms with E-state index in [1.807, 2.05) is 9.58 Å². The molecular formula is C13H15IN6O. The van der Waals surface area contributed by atoms with Gasteiger partial charge >= 0.3 is 0 Å². The van der Waals surface area contributed by atoms with E-state index < -0.39 is 0 Å². The first-order valence-corrected chi connectivity index (χ1v) is 7.72. The maximum atomic E-state index is 11.6. The summed E-state index contributed by atoms with van der Waals surface area (Å²) < 4.78 is 2.67. The van der Waals surface area contributed by atoms with Crippen molar-refractivity contribution >= 4 is 45.3 Å². The van der Waals surface area contributed by atoms with Gasteiger partial charge in [-0.25, -0.2) is 14.6 Å². The highest BCUT2D eigenvalue weighted by Gasteiger charge is 2.26. The fraction of sp³-hybridized carbons (Fsp3) is 0.385. The van der Waals surface area contributed by atoms with Crippen LogP contribution in [-0.4, -0.2) is 43.6 Å². The van der Waals surface area contributed by atoms with E-state index >= 15 is 0 Å². The second-order valence-corrected chi connectivity index (χ2v) is 6.10. The first-order chi connectivity index (χ1) is 10.1. The monoisotopic (exact) mass is 398 g/mol. The van der Waals surface area contributed by atoms with Gasteiger partial charge in [0.15, 0.2) is 5.65 Å². The number of carbonyl (C=O) groups excluding carboxylic acids is 1. The van der Waals surface area contributed by atoms with Gasteiger partial charge in [0.1, 0.15) is 15.8 Å². The number of likely N-dealkylation sites (tertiary alicyclic amines) is 1. The summed E-state index contributed by atoms with van der Waals surface area (Å²) in [6, 6.07) is 0. The summed E-state index contributed by atoms with van der Waals surface area (Å²) in [5.74, 6) is 0.804. The van der Waals surface area contributed by atoms with Crippen LogP contribution in [0.1, 0.15) is 6.42 Å². The molecule has 8 heteroatoms. The minimum atomic E-state index is -0.0102. The van der Waals surface area contributed by atoms with Gasteiger partial charge in [0.05, 0.1) is 5.39 Å². The fourth-order valence-corrected chi connectivity index (χ4v) is 3.45. The van der Waals surface area contributed by atoms with Crippen molar-refractivity contribution in [1.82, 2.24) is 24.6 Å². The maximum absolute atomic E-state index is 11.6. The van der Waals surface area contributed by atoms with Crippen LogP contribution in [0.25, 0.3) is 11.0 Å². The van der Waals surface area contributed by atoms with Gasteiger partial charge in [0.25, 0.3) is 0 Å². The molecule has 3 heterocycles. The summed E-state index contributed by atoms with van der Waals surface area (Å²) in [6.07, 6.45) is 3.77. The number of aromatic nitrogens is 4. The number of carbonyl (C=O) groups is 1. The molecule has 1 fully saturated rings. The summed E-state index contributed by atoms with van der Waals surface area (Å²) in [6.45, 7) is 5.74. The van der Waals surface area contributed by atoms with Crippen molar-refractivity contribution < 1.29 is 4.79 Å². The van der Waals surface area contributed by atoms with E-state index in [2.05, 4.69) is 44.2 Å². The average molecular weight is 398 g/mol. The van der Waals surface area contributed by atoms with E-state index in [4.69, 9.17) is 5.73 Å². The minimum Gasteiger partial charge on any atom is -0.383 e. The largest absolute Gasteiger partial charge is 0.383 e. The van der Waals surface area contributed by atoms with Gasteiger partial charge in [-0.2, -0.15) is 5.10 Å². The van der Waals surface area contributed by atoms with E-state index in [1.54, 1.807) is 0 Å². The molecule has 110 valence electrons. The van der Waals surface area contributed by atoms with Crippen molar-refractivity contribution in [1.29, 1.82) is 0 Å². The van der Waals surface area contributed by atoms with Gasteiger partial charge in [-0.05, 0) is 41.0 Å². The Kier molecular flexibility index (Phi) is 3.79. The van der Waals surface area contributed by atoms with Crippen LogP contribution < -0.4 is 5.73 Å². The second kappa shape index (κ2) is 5.58. The van der Waals surface area contributed by atoms with Crippen LogP contribution in [0.4, 0.5) is 5.82 Å². The Hall–Kier alpha value is -1.71. The van der Waals surface area contributed by atoms with Crippen molar-refractivity contribution in [2.45, 2.75) is 13.0 Å². The van der Waals surface area contributed by atoms with Crippen LogP contribution in [0, 0.1) is 9.62 Å². The van der Waals surface area contributed by atoms with Crippen LogP contribution in [0.5, 0.6) is 0 Å². The number of hydrogen-bond acceptors (Lipinski definition) is 5. The molecule has 7 nitrogen and oxygen atoms in total. The third kappa shape index (κ3) is 2.59. The molecule has 2 aromatic heterocycles. The van der Waals surface area contributed by atoms with Crippen molar-refractivity contribution in [3.63, 3.8) is 0 Å². The SMILES string of the molecule is C=CC(=O)N1CCC(Cn2nc(I)c3c(N)ncnc32)C1. The van der Waals surface area contributed by atoms with Gasteiger partial charge in [-0.15, -0.1) is 0 Å². The number of fused-ring (bicyclic) bond motifs is 1. The number of rotatable bonds is 3. The molecule has 3 rings (SSSR count). The number of nitrogens with two attached hydrogens (primary N) is 1. The second-order valence-electron chi connectivity index (χ2n) is 5.07. The zero-order chi connectivity index (χ0) is 15.0. The van der Waals surface area contributed by atoms with Gasteiger partial charge in [0, 0.05) is 19.6 Å². The Bertz CT molecular complexity index is 712. The predicted molar refractivity (Wildman–Crippen MR) is 87.3 cm³/mol. The Morgan fingerprint density at radius 3 is 3.14 bits per heavy atom. The fourth-order valence-electron chi connectivity index (χ4n) is 2.67. The lowest BCUT2D eigenvalue weighted by Crippen LogP contribution is -2.27. The van der Waals surface area contributed by atoms with Gasteiger partial charge in [0.2, 0.25) is 5.91 Å². The molecular weight excluding hydrogens is 383 g/mol. The van der Waals surface area contributed by atoms with Gasteiger partial charge in [-0.1, -0.05) is 6.58 Å². The Balaban J connectivity index is 1.82. The van der Waals surface area contributed by atoms with E-state index in [0.717, 1.165) is 40.8 Å².